The van der Waals surface area contributed by atoms with Gasteiger partial charge in [0.15, 0.2) is 0 Å². The third-order valence-electron chi connectivity index (χ3n) is 1.02. The first-order valence-electron chi connectivity index (χ1n) is 2.93. The maximum atomic E-state index is 8.73. The van der Waals surface area contributed by atoms with Gasteiger partial charge in [-0.2, -0.15) is 0 Å². The molecule has 0 saturated heterocycles. The van der Waals surface area contributed by atoms with E-state index in [2.05, 4.69) is 0 Å². The van der Waals surface area contributed by atoms with E-state index in [1.807, 2.05) is 6.92 Å². The summed E-state index contributed by atoms with van der Waals surface area (Å²) >= 11 is 0. The van der Waals surface area contributed by atoms with Crippen molar-refractivity contribution < 1.29 is 5.11 Å². The molecule has 0 aliphatic rings. The molecule has 2 N–H and O–H groups in total. The van der Waals surface area contributed by atoms with Crippen LogP contribution in [0.15, 0.2) is 0 Å². The van der Waals surface area contributed by atoms with Gasteiger partial charge in [-0.05, 0) is 13.3 Å². The topological polar surface area (TPSA) is 44.1 Å². The van der Waals surface area contributed by atoms with Gasteiger partial charge >= 0.3 is 0 Å². The van der Waals surface area contributed by atoms with E-state index in [4.69, 9.17) is 10.5 Å². The van der Waals surface area contributed by atoms with Crippen LogP contribution >= 0.6 is 0 Å². The quantitative estimate of drug-likeness (QED) is 0.533. The van der Waals surface area contributed by atoms with Crippen LogP contribution in [-0.2, 0) is 0 Å². The van der Waals surface area contributed by atoms with Crippen LogP contribution < -0.4 is 0 Å². The molecule has 0 aromatic rings. The lowest BCUT2D eigenvalue weighted by Gasteiger charge is -2.02. The molecule has 1 atom stereocenters. The van der Waals surface area contributed by atoms with Gasteiger partial charge in [-0.15, -0.1) is 0 Å². The normalized spacial score (nSPS) is 13.4. The summed E-state index contributed by atoms with van der Waals surface area (Å²) in [5, 5.41) is 15.8. The highest BCUT2D eigenvalue weighted by atomic mass is 16.3. The molecule has 0 radical (unpaired) electrons. The molecule has 0 rings (SSSR count). The molecule has 0 heterocycles. The highest BCUT2D eigenvalue weighted by molar-refractivity contribution is 5.85. The van der Waals surface area contributed by atoms with Crippen LogP contribution in [0, 0.1) is 5.41 Å². The van der Waals surface area contributed by atoms with Gasteiger partial charge in [0.2, 0.25) is 0 Å². The zero-order chi connectivity index (χ0) is 6.57. The third kappa shape index (κ3) is 2.75. The van der Waals surface area contributed by atoms with E-state index in [0.717, 1.165) is 12.8 Å². The van der Waals surface area contributed by atoms with Gasteiger partial charge in [0.05, 0.1) is 6.10 Å². The Morgan fingerprint density at radius 3 is 2.38 bits per heavy atom. The summed E-state index contributed by atoms with van der Waals surface area (Å²) in [6.07, 6.45) is 1.12. The van der Waals surface area contributed by atoms with E-state index < -0.39 is 6.10 Å². The minimum atomic E-state index is -0.546. The molecule has 0 fully saturated rings. The lowest BCUT2D eigenvalue weighted by atomic mass is 10.1. The number of hydrogen-bond acceptors (Lipinski definition) is 2. The number of rotatable bonds is 3. The van der Waals surface area contributed by atoms with Crippen LogP contribution in [0.1, 0.15) is 26.7 Å². The Kier molecular flexibility index (Phi) is 3.44. The van der Waals surface area contributed by atoms with Crippen LogP contribution in [0.2, 0.25) is 0 Å². The maximum absolute atomic E-state index is 8.73. The molecule has 0 aromatic carbocycles. The minimum Gasteiger partial charge on any atom is -0.387 e. The molecule has 0 spiro atoms. The molecular weight excluding hydrogens is 102 g/mol. The van der Waals surface area contributed by atoms with Crippen molar-refractivity contribution in [1.82, 2.24) is 0 Å². The fraction of sp³-hybridized carbons (Fsp3) is 0.833. The van der Waals surface area contributed by atoms with Crippen LogP contribution in [0.3, 0.4) is 0 Å². The van der Waals surface area contributed by atoms with Crippen molar-refractivity contribution in [2.24, 2.45) is 0 Å². The van der Waals surface area contributed by atoms with E-state index in [1.54, 1.807) is 6.92 Å². The number of hydrogen-bond donors (Lipinski definition) is 2. The molecule has 0 bridgehead atoms. The summed E-state index contributed by atoms with van der Waals surface area (Å²) in [6.45, 7) is 3.62. The standard InChI is InChI=1S/C6H13NO/c1-3-4-6(7)5(2)8/h5,7-8H,3-4H2,1-2H3. The highest BCUT2D eigenvalue weighted by Gasteiger charge is 2.00. The fourth-order valence-corrected chi connectivity index (χ4v) is 0.478. The lowest BCUT2D eigenvalue weighted by molar-refractivity contribution is 0.258. The van der Waals surface area contributed by atoms with Crippen LogP contribution in [0.5, 0.6) is 0 Å². The van der Waals surface area contributed by atoms with Crippen LogP contribution in [0.4, 0.5) is 0 Å². The second-order valence-electron chi connectivity index (χ2n) is 1.95. The zero-order valence-corrected chi connectivity index (χ0v) is 5.44. The SMILES string of the molecule is CCCC(=N)C(C)O. The first-order chi connectivity index (χ1) is 3.68. The third-order valence-corrected chi connectivity index (χ3v) is 1.02. The summed E-state index contributed by atoms with van der Waals surface area (Å²) in [7, 11) is 0. The second kappa shape index (κ2) is 3.61. The highest BCUT2D eigenvalue weighted by Crippen LogP contribution is 1.93. The summed E-state index contributed by atoms with van der Waals surface area (Å²) in [5.74, 6) is 0. The van der Waals surface area contributed by atoms with Gasteiger partial charge < -0.3 is 10.5 Å². The van der Waals surface area contributed by atoms with Gasteiger partial charge in [-0.1, -0.05) is 13.3 Å². The zero-order valence-electron chi connectivity index (χ0n) is 5.44. The fourth-order valence-electron chi connectivity index (χ4n) is 0.478. The van der Waals surface area contributed by atoms with Crippen molar-refractivity contribution in [1.29, 1.82) is 5.41 Å². The van der Waals surface area contributed by atoms with Gasteiger partial charge in [0.25, 0.3) is 0 Å². The Balaban J connectivity index is 3.33. The predicted molar refractivity (Wildman–Crippen MR) is 34.3 cm³/mol. The van der Waals surface area contributed by atoms with Crippen molar-refractivity contribution in [2.75, 3.05) is 0 Å². The van der Waals surface area contributed by atoms with Crippen LogP contribution in [0.25, 0.3) is 0 Å². The second-order valence-corrected chi connectivity index (χ2v) is 1.95. The molecule has 0 saturated carbocycles. The van der Waals surface area contributed by atoms with E-state index in [-0.39, 0.29) is 0 Å². The number of aliphatic hydroxyl groups excluding tert-OH is 1. The molecule has 8 heavy (non-hydrogen) atoms. The van der Waals surface area contributed by atoms with Crippen molar-refractivity contribution in [2.45, 2.75) is 32.8 Å². The molecule has 0 amide bonds. The van der Waals surface area contributed by atoms with Gasteiger partial charge in [-0.25, -0.2) is 0 Å². The number of aliphatic hydroxyl groups is 1. The smallest absolute Gasteiger partial charge is 0.0885 e. The van der Waals surface area contributed by atoms with Gasteiger partial charge in [0.1, 0.15) is 0 Å². The lowest BCUT2D eigenvalue weighted by Crippen LogP contribution is -2.13. The molecular formula is C6H13NO. The average molecular weight is 115 g/mol. The Bertz CT molecular complexity index is 78.6. The summed E-state index contributed by atoms with van der Waals surface area (Å²) < 4.78 is 0. The Morgan fingerprint density at radius 1 is 1.75 bits per heavy atom. The maximum Gasteiger partial charge on any atom is 0.0885 e. The average Bonchev–Trinajstić information content (AvgIpc) is 1.67. The Labute approximate surface area is 50.0 Å². The van der Waals surface area contributed by atoms with E-state index in [1.165, 1.54) is 0 Å². The van der Waals surface area contributed by atoms with Crippen molar-refractivity contribution in [3.63, 3.8) is 0 Å². The van der Waals surface area contributed by atoms with E-state index >= 15 is 0 Å². The molecule has 1 unspecified atom stereocenters. The number of nitrogens with one attached hydrogen (secondary N) is 1. The molecule has 48 valence electrons. The van der Waals surface area contributed by atoms with Crippen molar-refractivity contribution in [3.05, 3.63) is 0 Å². The molecule has 0 aliphatic heterocycles. The minimum absolute atomic E-state index is 0.438. The largest absolute Gasteiger partial charge is 0.387 e. The molecule has 0 aliphatic carbocycles. The first-order valence-corrected chi connectivity index (χ1v) is 2.93. The summed E-state index contributed by atoms with van der Waals surface area (Å²) in [4.78, 5) is 0. The predicted octanol–water partition coefficient (Wildman–Crippen LogP) is 1.19. The van der Waals surface area contributed by atoms with Gasteiger partial charge in [-0.3, -0.25) is 0 Å². The molecule has 2 nitrogen and oxygen atoms in total. The van der Waals surface area contributed by atoms with Gasteiger partial charge in [0, 0.05) is 5.71 Å². The van der Waals surface area contributed by atoms with Crippen molar-refractivity contribution in [3.8, 4) is 0 Å². The summed E-state index contributed by atoms with van der Waals surface area (Å²) in [5.41, 5.74) is 0.438. The Hall–Kier alpha value is -0.370. The first kappa shape index (κ1) is 7.63. The molecule has 2 heteroatoms. The monoisotopic (exact) mass is 115 g/mol. The van der Waals surface area contributed by atoms with E-state index in [9.17, 15) is 0 Å². The van der Waals surface area contributed by atoms with Crippen molar-refractivity contribution >= 4 is 5.71 Å². The summed E-state index contributed by atoms with van der Waals surface area (Å²) in [6, 6.07) is 0. The molecule has 0 aromatic heterocycles. The Morgan fingerprint density at radius 2 is 2.25 bits per heavy atom. The van der Waals surface area contributed by atoms with E-state index in [0.29, 0.717) is 5.71 Å². The van der Waals surface area contributed by atoms with Crippen LogP contribution in [-0.4, -0.2) is 16.9 Å².